The quantitative estimate of drug-likeness (QED) is 0.0831. The van der Waals surface area contributed by atoms with Crippen LogP contribution in [0.2, 0.25) is 0 Å². The minimum absolute atomic E-state index is 0.193. The lowest BCUT2D eigenvalue weighted by molar-refractivity contribution is -0.140. The summed E-state index contributed by atoms with van der Waals surface area (Å²) in [4.78, 5) is 23.1. The molecule has 1 aromatic carbocycles. The maximum atomic E-state index is 11.8. The van der Waals surface area contributed by atoms with Gasteiger partial charge in [0, 0.05) is 18.1 Å². The van der Waals surface area contributed by atoms with Gasteiger partial charge in [0.15, 0.2) is 0 Å². The number of ether oxygens (including phenoxy) is 3. The minimum atomic E-state index is -0.432. The van der Waals surface area contributed by atoms with Crippen molar-refractivity contribution < 1.29 is 23.8 Å². The summed E-state index contributed by atoms with van der Waals surface area (Å²) in [5, 5.41) is 0. The largest absolute Gasteiger partial charge is 0.494 e. The normalized spacial score (nSPS) is 11.0. The van der Waals surface area contributed by atoms with E-state index in [2.05, 4.69) is 13.5 Å². The SMILES string of the molecule is C=C(C)C(=O)OCCCOC(=O)/C=C/c1ccc(OCCCCCCCCCCCCCCCC)cc1. The Labute approximate surface area is 225 Å². The average Bonchev–Trinajstić information content (AvgIpc) is 2.90. The van der Waals surface area contributed by atoms with Crippen molar-refractivity contribution in [2.75, 3.05) is 19.8 Å². The Morgan fingerprint density at radius 3 is 1.76 bits per heavy atom. The molecule has 0 aliphatic rings. The van der Waals surface area contributed by atoms with Crippen LogP contribution >= 0.6 is 0 Å². The van der Waals surface area contributed by atoms with E-state index in [9.17, 15) is 9.59 Å². The van der Waals surface area contributed by atoms with Gasteiger partial charge in [0.05, 0.1) is 19.8 Å². The van der Waals surface area contributed by atoms with Crippen molar-refractivity contribution in [1.82, 2.24) is 0 Å². The van der Waals surface area contributed by atoms with Crippen molar-refractivity contribution in [2.45, 2.75) is 110 Å². The molecule has 1 rings (SSSR count). The Bertz CT molecular complexity index is 766. The zero-order valence-electron chi connectivity index (χ0n) is 23.4. The van der Waals surface area contributed by atoms with Gasteiger partial charge in [0.1, 0.15) is 5.75 Å². The van der Waals surface area contributed by atoms with Gasteiger partial charge in [-0.1, -0.05) is 109 Å². The lowest BCUT2D eigenvalue weighted by Gasteiger charge is -2.07. The number of hydrogen-bond acceptors (Lipinski definition) is 5. The molecule has 0 spiro atoms. The molecule has 0 aliphatic carbocycles. The zero-order chi connectivity index (χ0) is 27.0. The smallest absolute Gasteiger partial charge is 0.333 e. The third-order valence-corrected chi connectivity index (χ3v) is 6.17. The second-order valence-corrected chi connectivity index (χ2v) is 9.78. The van der Waals surface area contributed by atoms with Gasteiger partial charge in [-0.25, -0.2) is 9.59 Å². The van der Waals surface area contributed by atoms with Gasteiger partial charge in [-0.3, -0.25) is 0 Å². The molecule has 0 atom stereocenters. The molecular weight excluding hydrogens is 464 g/mol. The van der Waals surface area contributed by atoms with Crippen LogP contribution in [0.15, 0.2) is 42.5 Å². The van der Waals surface area contributed by atoms with E-state index in [4.69, 9.17) is 14.2 Å². The summed E-state index contributed by atoms with van der Waals surface area (Å²) < 4.78 is 15.9. The molecule has 0 aliphatic heterocycles. The topological polar surface area (TPSA) is 61.8 Å². The maximum absolute atomic E-state index is 11.8. The minimum Gasteiger partial charge on any atom is -0.494 e. The van der Waals surface area contributed by atoms with Crippen molar-refractivity contribution in [3.05, 3.63) is 48.1 Å². The van der Waals surface area contributed by atoms with Crippen LogP contribution in [0.5, 0.6) is 5.75 Å². The van der Waals surface area contributed by atoms with E-state index < -0.39 is 11.9 Å². The first-order valence-electron chi connectivity index (χ1n) is 14.4. The highest BCUT2D eigenvalue weighted by Crippen LogP contribution is 2.15. The second kappa shape index (κ2) is 22.6. The molecule has 5 nitrogen and oxygen atoms in total. The fourth-order valence-electron chi connectivity index (χ4n) is 3.89. The lowest BCUT2D eigenvalue weighted by Crippen LogP contribution is -2.09. The molecule has 37 heavy (non-hydrogen) atoms. The van der Waals surface area contributed by atoms with Crippen LogP contribution in [0.25, 0.3) is 6.08 Å². The molecule has 0 N–H and O–H groups in total. The lowest BCUT2D eigenvalue weighted by atomic mass is 10.0. The van der Waals surface area contributed by atoms with E-state index in [0.29, 0.717) is 12.0 Å². The highest BCUT2D eigenvalue weighted by Gasteiger charge is 2.03. The van der Waals surface area contributed by atoms with E-state index in [0.717, 1.165) is 24.3 Å². The first-order valence-corrected chi connectivity index (χ1v) is 14.4. The molecule has 208 valence electrons. The fraction of sp³-hybridized carbons (Fsp3) is 0.625. The summed E-state index contributed by atoms with van der Waals surface area (Å²) in [6.07, 6.45) is 22.5. The van der Waals surface area contributed by atoms with E-state index in [1.807, 2.05) is 24.3 Å². The number of benzene rings is 1. The van der Waals surface area contributed by atoms with Crippen LogP contribution in [0, 0.1) is 0 Å². The molecule has 1 aromatic rings. The van der Waals surface area contributed by atoms with Crippen LogP contribution in [0.3, 0.4) is 0 Å². The molecule has 0 fully saturated rings. The van der Waals surface area contributed by atoms with Crippen molar-refractivity contribution in [3.8, 4) is 5.75 Å². The van der Waals surface area contributed by atoms with Crippen LogP contribution in [0.4, 0.5) is 0 Å². The Morgan fingerprint density at radius 1 is 0.703 bits per heavy atom. The second-order valence-electron chi connectivity index (χ2n) is 9.78. The molecule has 0 unspecified atom stereocenters. The molecule has 0 heterocycles. The van der Waals surface area contributed by atoms with Gasteiger partial charge in [-0.05, 0) is 37.1 Å². The number of carbonyl (C=O) groups excluding carboxylic acids is 2. The Morgan fingerprint density at radius 2 is 1.22 bits per heavy atom. The highest BCUT2D eigenvalue weighted by molar-refractivity contribution is 5.87. The van der Waals surface area contributed by atoms with Crippen LogP contribution < -0.4 is 4.74 Å². The fourth-order valence-corrected chi connectivity index (χ4v) is 3.89. The standard InChI is InChI=1S/C32H50O5/c1-4-5-6-7-8-9-10-11-12-13-14-15-16-17-25-35-30-22-19-29(20-23-30)21-24-31(33)36-26-18-27-37-32(34)28(2)3/h19-24H,2,4-18,25-27H2,1,3H3/b24-21+. The van der Waals surface area contributed by atoms with Crippen molar-refractivity contribution in [1.29, 1.82) is 0 Å². The Hall–Kier alpha value is -2.56. The number of hydrogen-bond donors (Lipinski definition) is 0. The molecule has 0 saturated heterocycles. The van der Waals surface area contributed by atoms with Gasteiger partial charge >= 0.3 is 11.9 Å². The number of unbranched alkanes of at least 4 members (excludes halogenated alkanes) is 13. The Kier molecular flexibility index (Phi) is 19.9. The monoisotopic (exact) mass is 514 g/mol. The van der Waals surface area contributed by atoms with Gasteiger partial charge in [-0.15, -0.1) is 0 Å². The number of rotatable bonds is 23. The van der Waals surface area contributed by atoms with E-state index in [1.54, 1.807) is 13.0 Å². The van der Waals surface area contributed by atoms with E-state index in [1.165, 1.54) is 89.5 Å². The highest BCUT2D eigenvalue weighted by atomic mass is 16.5. The summed E-state index contributed by atoms with van der Waals surface area (Å²) >= 11 is 0. The third kappa shape index (κ3) is 19.2. The van der Waals surface area contributed by atoms with Crippen LogP contribution in [-0.2, 0) is 19.1 Å². The van der Waals surface area contributed by atoms with E-state index in [-0.39, 0.29) is 13.2 Å². The molecule has 5 heteroatoms. The molecular formula is C32H50O5. The Balaban J connectivity index is 2.00. The van der Waals surface area contributed by atoms with Crippen LogP contribution in [-0.4, -0.2) is 31.8 Å². The first-order chi connectivity index (χ1) is 18.0. The zero-order valence-corrected chi connectivity index (χ0v) is 23.4. The summed E-state index contributed by atoms with van der Waals surface area (Å²) in [5.74, 6) is -0.0127. The van der Waals surface area contributed by atoms with Crippen molar-refractivity contribution in [2.24, 2.45) is 0 Å². The third-order valence-electron chi connectivity index (χ3n) is 6.17. The van der Waals surface area contributed by atoms with Crippen LogP contribution in [0.1, 0.15) is 116 Å². The van der Waals surface area contributed by atoms with Gasteiger partial charge < -0.3 is 14.2 Å². The first kappa shape index (κ1) is 32.5. The van der Waals surface area contributed by atoms with Crippen molar-refractivity contribution >= 4 is 18.0 Å². The van der Waals surface area contributed by atoms with Gasteiger partial charge in [-0.2, -0.15) is 0 Å². The number of carbonyl (C=O) groups is 2. The van der Waals surface area contributed by atoms with Gasteiger partial charge in [0.25, 0.3) is 0 Å². The summed E-state index contributed by atoms with van der Waals surface area (Å²) in [7, 11) is 0. The predicted octanol–water partition coefficient (Wildman–Crippen LogP) is 8.61. The number of esters is 2. The maximum Gasteiger partial charge on any atom is 0.333 e. The van der Waals surface area contributed by atoms with Gasteiger partial charge in [0.2, 0.25) is 0 Å². The summed E-state index contributed by atoms with van der Waals surface area (Å²) in [5.41, 5.74) is 1.25. The summed E-state index contributed by atoms with van der Waals surface area (Å²) in [6, 6.07) is 7.68. The average molecular weight is 515 g/mol. The molecule has 0 radical (unpaired) electrons. The molecule has 0 bridgehead atoms. The molecule has 0 saturated carbocycles. The van der Waals surface area contributed by atoms with Crippen molar-refractivity contribution in [3.63, 3.8) is 0 Å². The van der Waals surface area contributed by atoms with E-state index >= 15 is 0 Å². The molecule has 0 aromatic heterocycles. The predicted molar refractivity (Wildman–Crippen MR) is 153 cm³/mol. The molecule has 0 amide bonds. The summed E-state index contributed by atoms with van der Waals surface area (Å²) in [6.45, 7) is 8.50.